The molecule has 1 aromatic heterocycles. The number of hydrogen-bond donors (Lipinski definition) is 0. The summed E-state index contributed by atoms with van der Waals surface area (Å²) in [7, 11) is 0. The lowest BCUT2D eigenvalue weighted by Crippen LogP contribution is -2.41. The molecule has 7 nitrogen and oxygen atoms in total. The Morgan fingerprint density at radius 3 is 2.45 bits per heavy atom. The van der Waals surface area contributed by atoms with Crippen LogP contribution in [0.15, 0.2) is 66.4 Å². The zero-order valence-electron chi connectivity index (χ0n) is 18.8. The monoisotopic (exact) mass is 442 g/mol. The summed E-state index contributed by atoms with van der Waals surface area (Å²) in [4.78, 5) is 14.6. The number of amides is 1. The van der Waals surface area contributed by atoms with Crippen molar-refractivity contribution in [3.63, 3.8) is 0 Å². The van der Waals surface area contributed by atoms with Crippen molar-refractivity contribution in [2.24, 2.45) is 0 Å². The van der Waals surface area contributed by atoms with Gasteiger partial charge in [0.15, 0.2) is 0 Å². The Hall–Kier alpha value is -3.89. The van der Waals surface area contributed by atoms with Gasteiger partial charge in [0.2, 0.25) is 0 Å². The molecule has 0 saturated carbocycles. The Kier molecular flexibility index (Phi) is 6.86. The summed E-state index contributed by atoms with van der Waals surface area (Å²) in [5.74, 6) is 0.480. The fourth-order valence-corrected chi connectivity index (χ4v) is 3.63. The Morgan fingerprint density at radius 1 is 1.12 bits per heavy atom. The molecule has 0 spiro atoms. The lowest BCUT2D eigenvalue weighted by Gasteiger charge is -2.26. The normalized spacial score (nSPS) is 14.2. The maximum absolute atomic E-state index is 12.9. The fraction of sp³-hybridized carbons (Fsp3) is 0.269. The van der Waals surface area contributed by atoms with Crippen LogP contribution in [0.3, 0.4) is 0 Å². The number of rotatable bonds is 6. The van der Waals surface area contributed by atoms with E-state index in [1.54, 1.807) is 15.7 Å². The van der Waals surface area contributed by atoms with Gasteiger partial charge in [-0.1, -0.05) is 18.2 Å². The third kappa shape index (κ3) is 5.30. The number of hydrogen-bond acceptors (Lipinski definition) is 5. The molecular formula is C26H26N4O3. The van der Waals surface area contributed by atoms with E-state index in [1.165, 1.54) is 0 Å². The van der Waals surface area contributed by atoms with Gasteiger partial charge in [-0.15, -0.1) is 0 Å². The Bertz CT molecular complexity index is 1170. The van der Waals surface area contributed by atoms with Crippen molar-refractivity contribution >= 4 is 12.0 Å². The molecule has 0 radical (unpaired) electrons. The van der Waals surface area contributed by atoms with Crippen LogP contribution in [0.2, 0.25) is 0 Å². The quantitative estimate of drug-likeness (QED) is 0.424. The molecule has 168 valence electrons. The molecule has 4 rings (SSSR count). The van der Waals surface area contributed by atoms with Gasteiger partial charge >= 0.3 is 0 Å². The highest BCUT2D eigenvalue weighted by molar-refractivity contribution is 6.02. The van der Waals surface area contributed by atoms with Gasteiger partial charge in [-0.25, -0.2) is 4.68 Å². The van der Waals surface area contributed by atoms with Gasteiger partial charge < -0.3 is 14.4 Å². The summed E-state index contributed by atoms with van der Waals surface area (Å²) in [6.45, 7) is 5.87. The molecule has 0 bridgehead atoms. The summed E-state index contributed by atoms with van der Waals surface area (Å²) in [6, 6.07) is 19.5. The van der Waals surface area contributed by atoms with Gasteiger partial charge in [0, 0.05) is 30.4 Å². The number of nitriles is 1. The highest BCUT2D eigenvalue weighted by Gasteiger charge is 2.22. The van der Waals surface area contributed by atoms with Crippen molar-refractivity contribution in [3.8, 4) is 28.8 Å². The predicted molar refractivity (Wildman–Crippen MR) is 126 cm³/mol. The molecule has 1 fully saturated rings. The molecule has 2 heterocycles. The van der Waals surface area contributed by atoms with Crippen molar-refractivity contribution in [3.05, 3.63) is 71.9 Å². The van der Waals surface area contributed by atoms with E-state index < -0.39 is 0 Å². The molecule has 1 saturated heterocycles. The lowest BCUT2D eigenvalue weighted by atomic mass is 10.1. The molecule has 1 aliphatic heterocycles. The second-order valence-corrected chi connectivity index (χ2v) is 7.98. The smallest absolute Gasteiger partial charge is 0.264 e. The number of morpholine rings is 1. The van der Waals surface area contributed by atoms with Crippen LogP contribution in [-0.2, 0) is 9.53 Å². The van der Waals surface area contributed by atoms with E-state index in [1.807, 2.05) is 74.6 Å². The van der Waals surface area contributed by atoms with Crippen LogP contribution in [0.5, 0.6) is 5.75 Å². The number of carbonyl (C=O) groups excluding carboxylic acids is 1. The van der Waals surface area contributed by atoms with E-state index in [4.69, 9.17) is 14.6 Å². The van der Waals surface area contributed by atoms with Gasteiger partial charge in [-0.3, -0.25) is 4.79 Å². The van der Waals surface area contributed by atoms with Crippen LogP contribution in [-0.4, -0.2) is 53.0 Å². The summed E-state index contributed by atoms with van der Waals surface area (Å²) >= 11 is 0. The molecule has 0 aliphatic carbocycles. The number of para-hydroxylation sites is 1. The molecule has 3 aromatic rings. The average Bonchev–Trinajstić information content (AvgIpc) is 3.27. The highest BCUT2D eigenvalue weighted by atomic mass is 16.5. The second kappa shape index (κ2) is 10.2. The molecule has 1 amide bonds. The molecule has 1 aliphatic rings. The minimum absolute atomic E-state index is 0.0746. The Balaban J connectivity index is 1.74. The summed E-state index contributed by atoms with van der Waals surface area (Å²) in [5.41, 5.74) is 3.19. The maximum atomic E-state index is 12.9. The first-order valence-corrected chi connectivity index (χ1v) is 11.0. The summed E-state index contributed by atoms with van der Waals surface area (Å²) in [6.07, 6.45) is 3.54. The molecule has 0 N–H and O–H groups in total. The highest BCUT2D eigenvalue weighted by Crippen LogP contribution is 2.28. The maximum Gasteiger partial charge on any atom is 0.264 e. The van der Waals surface area contributed by atoms with Gasteiger partial charge in [0.05, 0.1) is 30.7 Å². The van der Waals surface area contributed by atoms with Gasteiger partial charge in [-0.05, 0) is 56.3 Å². The average molecular weight is 443 g/mol. The van der Waals surface area contributed by atoms with Crippen molar-refractivity contribution < 1.29 is 14.3 Å². The topological polar surface area (TPSA) is 80.4 Å². The lowest BCUT2D eigenvalue weighted by molar-refractivity contribution is -0.130. The van der Waals surface area contributed by atoms with E-state index >= 15 is 0 Å². The minimum Gasteiger partial charge on any atom is -0.491 e. The molecule has 2 aromatic carbocycles. The fourth-order valence-electron chi connectivity index (χ4n) is 3.63. The van der Waals surface area contributed by atoms with Crippen molar-refractivity contribution in [2.45, 2.75) is 20.0 Å². The van der Waals surface area contributed by atoms with Crippen LogP contribution >= 0.6 is 0 Å². The molecule has 0 unspecified atom stereocenters. The number of ether oxygens (including phenoxy) is 2. The third-order valence-electron chi connectivity index (χ3n) is 5.21. The summed E-state index contributed by atoms with van der Waals surface area (Å²) < 4.78 is 12.8. The van der Waals surface area contributed by atoms with E-state index in [9.17, 15) is 10.1 Å². The largest absolute Gasteiger partial charge is 0.491 e. The molecule has 0 atom stereocenters. The first-order chi connectivity index (χ1) is 16.0. The van der Waals surface area contributed by atoms with Crippen LogP contribution in [0.4, 0.5) is 0 Å². The number of carbonyl (C=O) groups is 1. The standard InChI is InChI=1S/C26H26N4O3/c1-19(2)33-24-10-8-20(9-11-24)25-22(18-30(28-25)23-6-4-3-5-7-23)16-21(17-27)26(31)29-12-14-32-15-13-29/h3-11,16,18-19H,12-15H2,1-2H3. The zero-order valence-corrected chi connectivity index (χ0v) is 18.8. The van der Waals surface area contributed by atoms with Gasteiger partial charge in [-0.2, -0.15) is 10.4 Å². The van der Waals surface area contributed by atoms with Crippen molar-refractivity contribution in [1.29, 1.82) is 5.26 Å². The first kappa shape index (κ1) is 22.3. The Labute approximate surface area is 193 Å². The zero-order chi connectivity index (χ0) is 23.2. The van der Waals surface area contributed by atoms with Crippen molar-refractivity contribution in [2.75, 3.05) is 26.3 Å². The third-order valence-corrected chi connectivity index (χ3v) is 5.21. The number of nitrogens with zero attached hydrogens (tertiary/aromatic N) is 4. The van der Waals surface area contributed by atoms with E-state index in [0.29, 0.717) is 37.6 Å². The minimum atomic E-state index is -0.292. The van der Waals surface area contributed by atoms with Gasteiger partial charge in [0.25, 0.3) is 5.91 Å². The number of benzene rings is 2. The molecule has 33 heavy (non-hydrogen) atoms. The van der Waals surface area contributed by atoms with Crippen molar-refractivity contribution in [1.82, 2.24) is 14.7 Å². The first-order valence-electron chi connectivity index (χ1n) is 11.0. The summed E-state index contributed by atoms with van der Waals surface area (Å²) in [5, 5.41) is 14.5. The van der Waals surface area contributed by atoms with Crippen LogP contribution in [0.25, 0.3) is 23.0 Å². The molecular weight excluding hydrogens is 416 g/mol. The molecule has 7 heteroatoms. The van der Waals surface area contributed by atoms with E-state index in [0.717, 1.165) is 17.0 Å². The van der Waals surface area contributed by atoms with E-state index in [2.05, 4.69) is 6.07 Å². The predicted octanol–water partition coefficient (Wildman–Crippen LogP) is 4.09. The Morgan fingerprint density at radius 2 is 1.82 bits per heavy atom. The van der Waals surface area contributed by atoms with Crippen LogP contribution in [0.1, 0.15) is 19.4 Å². The SMILES string of the molecule is CC(C)Oc1ccc(-c2nn(-c3ccccc3)cc2C=C(C#N)C(=O)N2CCOCC2)cc1. The number of aromatic nitrogens is 2. The van der Waals surface area contributed by atoms with Crippen LogP contribution in [0, 0.1) is 11.3 Å². The van der Waals surface area contributed by atoms with Gasteiger partial charge in [0.1, 0.15) is 17.4 Å². The van der Waals surface area contributed by atoms with E-state index in [-0.39, 0.29) is 17.6 Å². The van der Waals surface area contributed by atoms with Crippen LogP contribution < -0.4 is 4.74 Å². The second-order valence-electron chi connectivity index (χ2n) is 7.98.